The van der Waals surface area contributed by atoms with Crippen LogP contribution in [0, 0.1) is 39.4 Å². The maximum absolute atomic E-state index is 12.8. The Bertz CT molecular complexity index is 760. The minimum atomic E-state index is -0.713. The van der Waals surface area contributed by atoms with Gasteiger partial charge in [0, 0.05) is 24.7 Å². The van der Waals surface area contributed by atoms with Gasteiger partial charge in [-0.1, -0.05) is 39.8 Å². The highest BCUT2D eigenvalue weighted by Crippen LogP contribution is 2.73. The van der Waals surface area contributed by atoms with Crippen molar-refractivity contribution in [3.63, 3.8) is 0 Å². The summed E-state index contributed by atoms with van der Waals surface area (Å²) in [4.78, 5) is 24.7. The van der Waals surface area contributed by atoms with E-state index in [0.29, 0.717) is 6.42 Å². The van der Waals surface area contributed by atoms with Gasteiger partial charge in [0.15, 0.2) is 0 Å². The van der Waals surface area contributed by atoms with Crippen LogP contribution in [-0.4, -0.2) is 40.8 Å². The van der Waals surface area contributed by atoms with Crippen molar-refractivity contribution >= 4 is 11.8 Å². The Labute approximate surface area is 173 Å². The van der Waals surface area contributed by atoms with Crippen molar-refractivity contribution in [2.75, 3.05) is 6.61 Å². The molecule has 5 heteroatoms. The van der Waals surface area contributed by atoms with E-state index in [1.54, 1.807) is 0 Å². The number of hydrogen-bond acceptors (Lipinski definition) is 5. The van der Waals surface area contributed by atoms with Crippen LogP contribution in [0.5, 0.6) is 0 Å². The van der Waals surface area contributed by atoms with Crippen molar-refractivity contribution in [2.24, 2.45) is 39.4 Å². The summed E-state index contributed by atoms with van der Waals surface area (Å²) in [6.45, 7) is 10.0. The van der Waals surface area contributed by atoms with Crippen LogP contribution in [0.15, 0.2) is 12.2 Å². The predicted octanol–water partition coefficient (Wildman–Crippen LogP) is 3.28. The molecule has 0 bridgehead atoms. The van der Waals surface area contributed by atoms with E-state index < -0.39 is 16.9 Å². The molecule has 0 saturated heterocycles. The zero-order valence-electron chi connectivity index (χ0n) is 18.4. The lowest BCUT2D eigenvalue weighted by Crippen LogP contribution is -2.68. The second-order valence-corrected chi connectivity index (χ2v) is 11.1. The van der Waals surface area contributed by atoms with Gasteiger partial charge in [-0.15, -0.1) is 0 Å². The average Bonchev–Trinajstić information content (AvgIpc) is 2.97. The maximum atomic E-state index is 12.8. The highest BCUT2D eigenvalue weighted by Gasteiger charge is 2.71. The number of esters is 1. The Hall–Kier alpha value is -1.20. The second kappa shape index (κ2) is 6.40. The summed E-state index contributed by atoms with van der Waals surface area (Å²) < 4.78 is 5.82. The Balaban J connectivity index is 1.82. The summed E-state index contributed by atoms with van der Waals surface area (Å²) in [6, 6.07) is 0. The molecule has 0 amide bonds. The summed E-state index contributed by atoms with van der Waals surface area (Å²) in [5.74, 6) is 0.187. The number of ether oxygens (including phenoxy) is 1. The highest BCUT2D eigenvalue weighted by atomic mass is 16.5. The first-order valence-corrected chi connectivity index (χ1v) is 11.1. The molecule has 0 aliphatic heterocycles. The molecule has 3 fully saturated rings. The quantitative estimate of drug-likeness (QED) is 0.545. The van der Waals surface area contributed by atoms with Gasteiger partial charge in [-0.3, -0.25) is 9.59 Å². The molecule has 4 aliphatic carbocycles. The predicted molar refractivity (Wildman–Crippen MR) is 109 cm³/mol. The molecule has 5 nitrogen and oxygen atoms in total. The van der Waals surface area contributed by atoms with Gasteiger partial charge in [0.25, 0.3) is 0 Å². The molecule has 29 heavy (non-hydrogen) atoms. The number of Topliss-reactive ketones (excluding diaryl/α,β-unsaturated/α-hetero) is 1. The number of rotatable bonds is 2. The van der Waals surface area contributed by atoms with Crippen LogP contribution in [0.1, 0.15) is 66.7 Å². The monoisotopic (exact) mass is 404 g/mol. The molecular formula is C24H36O5. The van der Waals surface area contributed by atoms with Gasteiger partial charge in [0.2, 0.25) is 0 Å². The van der Waals surface area contributed by atoms with Gasteiger partial charge in [0.05, 0.1) is 18.1 Å². The van der Waals surface area contributed by atoms with Gasteiger partial charge in [-0.2, -0.15) is 0 Å². The Morgan fingerprint density at radius 2 is 1.86 bits per heavy atom. The number of carbonyl (C=O) groups is 2. The van der Waals surface area contributed by atoms with E-state index in [2.05, 4.69) is 26.8 Å². The van der Waals surface area contributed by atoms with Gasteiger partial charge in [-0.05, 0) is 48.3 Å². The van der Waals surface area contributed by atoms with Gasteiger partial charge in [0.1, 0.15) is 11.9 Å². The summed E-state index contributed by atoms with van der Waals surface area (Å²) in [6.07, 6.45) is 6.89. The minimum absolute atomic E-state index is 0.00255. The third-order valence-electron chi connectivity index (χ3n) is 10.2. The van der Waals surface area contributed by atoms with Crippen LogP contribution in [0.4, 0.5) is 0 Å². The molecule has 0 radical (unpaired) electrons. The van der Waals surface area contributed by atoms with Crippen molar-refractivity contribution in [3.8, 4) is 0 Å². The molecule has 162 valence electrons. The zero-order valence-corrected chi connectivity index (χ0v) is 18.4. The normalized spacial score (nSPS) is 53.8. The Morgan fingerprint density at radius 3 is 2.48 bits per heavy atom. The van der Waals surface area contributed by atoms with E-state index in [-0.39, 0.29) is 53.0 Å². The number of ketones is 1. The van der Waals surface area contributed by atoms with Crippen molar-refractivity contribution in [1.82, 2.24) is 0 Å². The van der Waals surface area contributed by atoms with Gasteiger partial charge >= 0.3 is 5.97 Å². The molecule has 0 aromatic heterocycles. The third-order valence-corrected chi connectivity index (χ3v) is 10.2. The molecule has 4 aliphatic rings. The van der Waals surface area contributed by atoms with Crippen LogP contribution in [0.2, 0.25) is 0 Å². The lowest BCUT2D eigenvalue weighted by atomic mass is 9.35. The van der Waals surface area contributed by atoms with Crippen LogP contribution in [-0.2, 0) is 14.3 Å². The highest BCUT2D eigenvalue weighted by molar-refractivity contribution is 5.86. The Morgan fingerprint density at radius 1 is 1.17 bits per heavy atom. The molecule has 0 aromatic rings. The lowest BCUT2D eigenvalue weighted by molar-refractivity contribution is -0.242. The number of carbonyl (C=O) groups excluding carboxylic acids is 2. The number of fused-ring (bicyclic) bond motifs is 5. The second-order valence-electron chi connectivity index (χ2n) is 11.1. The molecule has 3 unspecified atom stereocenters. The van der Waals surface area contributed by atoms with Crippen LogP contribution < -0.4 is 0 Å². The molecule has 0 spiro atoms. The number of hydrogen-bond donors (Lipinski definition) is 2. The lowest BCUT2D eigenvalue weighted by Gasteiger charge is -2.69. The first-order chi connectivity index (χ1) is 13.4. The fourth-order valence-electron chi connectivity index (χ4n) is 8.31. The molecule has 2 N–H and O–H groups in total. The molecule has 0 aromatic carbocycles. The summed E-state index contributed by atoms with van der Waals surface area (Å²) in [7, 11) is 0. The van der Waals surface area contributed by atoms with E-state index >= 15 is 0 Å². The Kier molecular flexibility index (Phi) is 4.64. The minimum Gasteiger partial charge on any atom is -0.462 e. The van der Waals surface area contributed by atoms with Crippen LogP contribution in [0.25, 0.3) is 0 Å². The number of aliphatic hydroxyl groups is 2. The summed E-state index contributed by atoms with van der Waals surface area (Å²) >= 11 is 0. The molecule has 0 heterocycles. The molecule has 4 rings (SSSR count). The van der Waals surface area contributed by atoms with E-state index in [0.717, 1.165) is 25.7 Å². The number of aliphatic hydroxyl groups excluding tert-OH is 2. The van der Waals surface area contributed by atoms with E-state index in [1.165, 1.54) is 6.92 Å². The molecule has 3 saturated carbocycles. The van der Waals surface area contributed by atoms with E-state index in [4.69, 9.17) is 4.74 Å². The standard InChI is InChI=1S/C24H36O5/c1-14(26)29-16-12-18-21(2)10-9-19(27)22(3,13-25)17(21)8-11-23(18,4)24(5)15(16)6-7-20(24)28/h6-7,15-18,20,25,28H,8-13H2,1-5H3/t15?,16-,17?,18?,20+,21+,22+,23-,24+/m1/s1. The van der Waals surface area contributed by atoms with Crippen molar-refractivity contribution in [3.05, 3.63) is 12.2 Å². The molecular weight excluding hydrogens is 368 g/mol. The smallest absolute Gasteiger partial charge is 0.302 e. The molecule has 9 atom stereocenters. The van der Waals surface area contributed by atoms with Crippen LogP contribution in [0.3, 0.4) is 0 Å². The van der Waals surface area contributed by atoms with E-state index in [9.17, 15) is 19.8 Å². The van der Waals surface area contributed by atoms with E-state index in [1.807, 2.05) is 13.0 Å². The van der Waals surface area contributed by atoms with Crippen molar-refractivity contribution in [1.29, 1.82) is 0 Å². The SMILES string of the molecule is CC(=O)O[C@@H]1CC2[C@@]3(C)CCC(=O)[C@@](C)(CO)C3CC[C@@]2(C)[C@@]2(C)C1C=C[C@@H]2O. The zero-order chi connectivity index (χ0) is 21.4. The van der Waals surface area contributed by atoms with Crippen LogP contribution >= 0.6 is 0 Å². The fourth-order valence-corrected chi connectivity index (χ4v) is 8.31. The average molecular weight is 405 g/mol. The van der Waals surface area contributed by atoms with Crippen molar-refractivity contribution in [2.45, 2.75) is 78.9 Å². The largest absolute Gasteiger partial charge is 0.462 e. The maximum Gasteiger partial charge on any atom is 0.302 e. The van der Waals surface area contributed by atoms with Crippen molar-refractivity contribution < 1.29 is 24.5 Å². The van der Waals surface area contributed by atoms with Gasteiger partial charge in [-0.25, -0.2) is 0 Å². The first-order valence-electron chi connectivity index (χ1n) is 11.1. The summed E-state index contributed by atoms with van der Waals surface area (Å²) in [5.41, 5.74) is -1.41. The van der Waals surface area contributed by atoms with Gasteiger partial charge < -0.3 is 14.9 Å². The third kappa shape index (κ3) is 2.46. The topological polar surface area (TPSA) is 83.8 Å². The first kappa shape index (κ1) is 21.0. The summed E-state index contributed by atoms with van der Waals surface area (Å²) in [5, 5.41) is 21.3. The fraction of sp³-hybridized carbons (Fsp3) is 0.833.